The Labute approximate surface area is 117 Å². The summed E-state index contributed by atoms with van der Waals surface area (Å²) in [5.74, 6) is 3.28. The highest BCUT2D eigenvalue weighted by Gasteiger charge is 2.17. The lowest BCUT2D eigenvalue weighted by atomic mass is 10.1. The van der Waals surface area contributed by atoms with E-state index in [1.54, 1.807) is 6.33 Å². The van der Waals surface area contributed by atoms with Crippen molar-refractivity contribution >= 4 is 11.6 Å². The highest BCUT2D eigenvalue weighted by Crippen LogP contribution is 2.25. The molecule has 0 aromatic carbocycles. The normalized spacial score (nSPS) is 11.2. The summed E-state index contributed by atoms with van der Waals surface area (Å²) in [4.78, 5) is 11.3. The van der Waals surface area contributed by atoms with Crippen molar-refractivity contribution in [1.82, 2.24) is 9.97 Å². The molecule has 0 spiro atoms. The monoisotopic (exact) mass is 264 g/mol. The van der Waals surface area contributed by atoms with E-state index in [-0.39, 0.29) is 0 Å². The Kier molecular flexibility index (Phi) is 6.06. The average molecular weight is 264 g/mol. The Bertz CT molecular complexity index is 378. The number of hydrogen-bond acceptors (Lipinski definition) is 4. The molecule has 0 aliphatic carbocycles. The van der Waals surface area contributed by atoms with Crippen LogP contribution in [-0.4, -0.2) is 30.1 Å². The third-order valence-corrected chi connectivity index (χ3v) is 2.98. The van der Waals surface area contributed by atoms with Crippen molar-refractivity contribution in [3.05, 3.63) is 11.9 Å². The van der Waals surface area contributed by atoms with Gasteiger partial charge in [-0.05, 0) is 18.3 Å². The lowest BCUT2D eigenvalue weighted by Crippen LogP contribution is -2.33. The molecule has 108 valence electrons. The molecule has 0 aliphatic rings. The molecule has 1 aromatic heterocycles. The van der Waals surface area contributed by atoms with E-state index in [0.29, 0.717) is 11.8 Å². The molecule has 0 amide bonds. The number of anilines is 2. The van der Waals surface area contributed by atoms with Crippen LogP contribution >= 0.6 is 0 Å². The first-order valence-corrected chi connectivity index (χ1v) is 7.26. The van der Waals surface area contributed by atoms with Crippen LogP contribution in [0.4, 0.5) is 11.6 Å². The van der Waals surface area contributed by atoms with Crippen LogP contribution in [0.15, 0.2) is 6.33 Å². The van der Waals surface area contributed by atoms with Gasteiger partial charge in [0.15, 0.2) is 0 Å². The summed E-state index contributed by atoms with van der Waals surface area (Å²) >= 11 is 0. The molecular weight excluding hydrogens is 236 g/mol. The molecule has 1 aromatic rings. The second-order valence-electron chi connectivity index (χ2n) is 5.82. The molecule has 0 radical (unpaired) electrons. The first-order chi connectivity index (χ1) is 8.99. The zero-order valence-electron chi connectivity index (χ0n) is 13.2. The Hall–Kier alpha value is -1.32. The van der Waals surface area contributed by atoms with Crippen molar-refractivity contribution in [3.63, 3.8) is 0 Å². The number of nitrogens with zero attached hydrogens (tertiary/aromatic N) is 3. The number of nitrogens with one attached hydrogen (secondary N) is 1. The van der Waals surface area contributed by atoms with Crippen molar-refractivity contribution in [2.75, 3.05) is 30.4 Å². The van der Waals surface area contributed by atoms with Gasteiger partial charge in [0.05, 0.1) is 0 Å². The van der Waals surface area contributed by atoms with Crippen LogP contribution in [0.25, 0.3) is 0 Å². The maximum absolute atomic E-state index is 4.54. The van der Waals surface area contributed by atoms with Crippen LogP contribution in [-0.2, 0) is 6.42 Å². The molecule has 0 atom stereocenters. The van der Waals surface area contributed by atoms with Gasteiger partial charge in [-0.1, -0.05) is 34.6 Å². The van der Waals surface area contributed by atoms with Gasteiger partial charge in [-0.25, -0.2) is 9.97 Å². The molecule has 0 fully saturated rings. The van der Waals surface area contributed by atoms with Crippen LogP contribution < -0.4 is 10.2 Å². The van der Waals surface area contributed by atoms with Crippen LogP contribution in [0.5, 0.6) is 0 Å². The Balaban J connectivity index is 3.13. The van der Waals surface area contributed by atoms with Crippen molar-refractivity contribution in [2.24, 2.45) is 11.8 Å². The van der Waals surface area contributed by atoms with E-state index in [2.05, 4.69) is 54.8 Å². The zero-order valence-corrected chi connectivity index (χ0v) is 13.2. The largest absolute Gasteiger partial charge is 0.373 e. The molecule has 0 unspecified atom stereocenters. The van der Waals surface area contributed by atoms with E-state index in [4.69, 9.17) is 0 Å². The fourth-order valence-electron chi connectivity index (χ4n) is 2.35. The van der Waals surface area contributed by atoms with Gasteiger partial charge in [-0.3, -0.25) is 0 Å². The molecule has 0 saturated heterocycles. The summed E-state index contributed by atoms with van der Waals surface area (Å²) < 4.78 is 0. The first kappa shape index (κ1) is 15.7. The van der Waals surface area contributed by atoms with E-state index in [1.165, 1.54) is 5.56 Å². The standard InChI is InChI=1S/C15H28N4/c1-7-13-14(16-6)17-10-18-15(13)19(8-11(2)3)9-12(4)5/h10-12H,7-9H2,1-6H3,(H,16,17,18). The molecule has 0 saturated carbocycles. The minimum absolute atomic E-state index is 0.622. The van der Waals surface area contributed by atoms with E-state index < -0.39 is 0 Å². The number of hydrogen-bond donors (Lipinski definition) is 1. The molecule has 1 heterocycles. The molecule has 4 heteroatoms. The van der Waals surface area contributed by atoms with Gasteiger partial charge < -0.3 is 10.2 Å². The third-order valence-electron chi connectivity index (χ3n) is 2.98. The molecule has 0 bridgehead atoms. The van der Waals surface area contributed by atoms with Crippen LogP contribution in [0, 0.1) is 11.8 Å². The lowest BCUT2D eigenvalue weighted by Gasteiger charge is -2.29. The van der Waals surface area contributed by atoms with Gasteiger partial charge in [0.2, 0.25) is 0 Å². The highest BCUT2D eigenvalue weighted by molar-refractivity contribution is 5.58. The van der Waals surface area contributed by atoms with E-state index in [9.17, 15) is 0 Å². The summed E-state index contributed by atoms with van der Waals surface area (Å²) in [7, 11) is 1.92. The Morgan fingerprint density at radius 1 is 1.11 bits per heavy atom. The summed E-state index contributed by atoms with van der Waals surface area (Å²) in [6, 6.07) is 0. The molecular formula is C15H28N4. The van der Waals surface area contributed by atoms with Crippen LogP contribution in [0.3, 0.4) is 0 Å². The third kappa shape index (κ3) is 4.37. The van der Waals surface area contributed by atoms with Gasteiger partial charge in [-0.2, -0.15) is 0 Å². The van der Waals surface area contributed by atoms with E-state index in [1.807, 2.05) is 7.05 Å². The van der Waals surface area contributed by atoms with Crippen molar-refractivity contribution < 1.29 is 0 Å². The Morgan fingerprint density at radius 3 is 2.11 bits per heavy atom. The molecule has 1 N–H and O–H groups in total. The van der Waals surface area contributed by atoms with Crippen molar-refractivity contribution in [1.29, 1.82) is 0 Å². The molecule has 19 heavy (non-hydrogen) atoms. The minimum atomic E-state index is 0.622. The van der Waals surface area contributed by atoms with Crippen molar-refractivity contribution in [3.8, 4) is 0 Å². The lowest BCUT2D eigenvalue weighted by molar-refractivity contribution is 0.547. The summed E-state index contributed by atoms with van der Waals surface area (Å²) in [6.07, 6.45) is 2.60. The number of aromatic nitrogens is 2. The quantitative estimate of drug-likeness (QED) is 0.821. The van der Waals surface area contributed by atoms with Gasteiger partial charge in [0, 0.05) is 25.7 Å². The van der Waals surface area contributed by atoms with Crippen LogP contribution in [0.2, 0.25) is 0 Å². The predicted octanol–water partition coefficient (Wildman–Crippen LogP) is 3.20. The van der Waals surface area contributed by atoms with Crippen LogP contribution in [0.1, 0.15) is 40.2 Å². The van der Waals surface area contributed by atoms with Crippen molar-refractivity contribution in [2.45, 2.75) is 41.0 Å². The second kappa shape index (κ2) is 7.31. The van der Waals surface area contributed by atoms with E-state index in [0.717, 1.165) is 31.1 Å². The summed E-state index contributed by atoms with van der Waals surface area (Å²) in [5.41, 5.74) is 1.21. The fraction of sp³-hybridized carbons (Fsp3) is 0.733. The zero-order chi connectivity index (χ0) is 14.4. The Morgan fingerprint density at radius 2 is 1.68 bits per heavy atom. The molecule has 4 nitrogen and oxygen atoms in total. The van der Waals surface area contributed by atoms with Gasteiger partial charge >= 0.3 is 0 Å². The maximum Gasteiger partial charge on any atom is 0.137 e. The van der Waals surface area contributed by atoms with Gasteiger partial charge in [0.1, 0.15) is 18.0 Å². The summed E-state index contributed by atoms with van der Waals surface area (Å²) in [6.45, 7) is 13.2. The van der Waals surface area contributed by atoms with E-state index >= 15 is 0 Å². The van der Waals surface area contributed by atoms with Gasteiger partial charge in [-0.15, -0.1) is 0 Å². The first-order valence-electron chi connectivity index (χ1n) is 7.26. The predicted molar refractivity (Wildman–Crippen MR) is 82.8 cm³/mol. The summed E-state index contributed by atoms with van der Waals surface area (Å²) in [5, 5.41) is 3.17. The smallest absolute Gasteiger partial charge is 0.137 e. The SMILES string of the molecule is CCc1c(NC)ncnc1N(CC(C)C)CC(C)C. The number of rotatable bonds is 7. The molecule has 1 rings (SSSR count). The highest BCUT2D eigenvalue weighted by atomic mass is 15.2. The van der Waals surface area contributed by atoms with Gasteiger partial charge in [0.25, 0.3) is 0 Å². The maximum atomic E-state index is 4.54. The second-order valence-corrected chi connectivity index (χ2v) is 5.82. The topological polar surface area (TPSA) is 41.1 Å². The molecule has 0 aliphatic heterocycles. The average Bonchev–Trinajstić information content (AvgIpc) is 2.35. The fourth-order valence-corrected chi connectivity index (χ4v) is 2.35. The minimum Gasteiger partial charge on any atom is -0.373 e.